The fraction of sp³-hybridized carbons (Fsp3) is 0.294. The third-order valence-corrected chi connectivity index (χ3v) is 5.37. The summed E-state index contributed by atoms with van der Waals surface area (Å²) in [4.78, 5) is 24.1. The number of hydrogen-bond acceptors (Lipinski definition) is 5. The van der Waals surface area contributed by atoms with Gasteiger partial charge in [0, 0.05) is 10.9 Å². The zero-order valence-corrected chi connectivity index (χ0v) is 13.9. The van der Waals surface area contributed by atoms with Crippen molar-refractivity contribution in [3.63, 3.8) is 0 Å². The average Bonchev–Trinajstić information content (AvgIpc) is 2.90. The molecule has 122 valence electrons. The van der Waals surface area contributed by atoms with Gasteiger partial charge in [0.05, 0.1) is 10.5 Å². The molecule has 2 aromatic rings. The molecule has 0 bridgehead atoms. The molecule has 3 rings (SSSR count). The second kappa shape index (κ2) is 6.42. The van der Waals surface area contributed by atoms with Crippen LogP contribution < -0.4 is 5.32 Å². The first-order chi connectivity index (χ1) is 11.5. The molecule has 0 radical (unpaired) electrons. The SMILES string of the molecule is CC1CCc2c(sc(NC(=O)c3ccccc3[N+](=O)[O-])c2C#N)C1. The van der Waals surface area contributed by atoms with E-state index in [1.807, 2.05) is 0 Å². The highest BCUT2D eigenvalue weighted by Crippen LogP contribution is 2.39. The maximum absolute atomic E-state index is 12.5. The monoisotopic (exact) mass is 341 g/mol. The minimum Gasteiger partial charge on any atom is -0.312 e. The summed E-state index contributed by atoms with van der Waals surface area (Å²) in [7, 11) is 0. The highest BCUT2D eigenvalue weighted by molar-refractivity contribution is 7.16. The van der Waals surface area contributed by atoms with Crippen molar-refractivity contribution in [2.45, 2.75) is 26.2 Å². The lowest BCUT2D eigenvalue weighted by atomic mass is 9.88. The van der Waals surface area contributed by atoms with Gasteiger partial charge in [0.15, 0.2) is 0 Å². The van der Waals surface area contributed by atoms with E-state index in [-0.39, 0.29) is 11.3 Å². The molecule has 0 fully saturated rings. The van der Waals surface area contributed by atoms with Crippen LogP contribution in [0.3, 0.4) is 0 Å². The van der Waals surface area contributed by atoms with Gasteiger partial charge >= 0.3 is 0 Å². The van der Waals surface area contributed by atoms with Gasteiger partial charge in [0.1, 0.15) is 16.6 Å². The standard InChI is InChI=1S/C17H15N3O3S/c1-10-6-7-11-13(9-18)17(24-15(11)8-10)19-16(21)12-4-2-3-5-14(12)20(22)23/h2-5,10H,6-8H2,1H3,(H,19,21). The van der Waals surface area contributed by atoms with Crippen molar-refractivity contribution >= 4 is 27.9 Å². The fourth-order valence-corrected chi connectivity index (χ4v) is 4.31. The second-order valence-corrected chi connectivity index (χ2v) is 7.00. The number of hydrogen-bond donors (Lipinski definition) is 1. The van der Waals surface area contributed by atoms with Gasteiger partial charge in [-0.2, -0.15) is 5.26 Å². The molecule has 1 aromatic heterocycles. The highest BCUT2D eigenvalue weighted by atomic mass is 32.1. The molecule has 7 heteroatoms. The van der Waals surface area contributed by atoms with Crippen molar-refractivity contribution in [1.82, 2.24) is 0 Å². The molecular formula is C17H15N3O3S. The number of anilines is 1. The Morgan fingerprint density at radius 3 is 2.92 bits per heavy atom. The largest absolute Gasteiger partial charge is 0.312 e. The van der Waals surface area contributed by atoms with E-state index < -0.39 is 10.8 Å². The smallest absolute Gasteiger partial charge is 0.282 e. The van der Waals surface area contributed by atoms with Gasteiger partial charge in [-0.1, -0.05) is 19.1 Å². The van der Waals surface area contributed by atoms with Gasteiger partial charge in [-0.3, -0.25) is 14.9 Å². The minimum absolute atomic E-state index is 0.00821. The van der Waals surface area contributed by atoms with E-state index >= 15 is 0 Å². The molecule has 1 aromatic carbocycles. The molecule has 1 heterocycles. The number of nitrogens with one attached hydrogen (secondary N) is 1. The number of nitro groups is 1. The molecule has 1 aliphatic carbocycles. The Kier molecular flexibility index (Phi) is 4.32. The first-order valence-electron chi connectivity index (χ1n) is 7.60. The zero-order valence-electron chi connectivity index (χ0n) is 13.0. The minimum atomic E-state index is -0.582. The molecule has 24 heavy (non-hydrogen) atoms. The molecule has 1 N–H and O–H groups in total. The third-order valence-electron chi connectivity index (χ3n) is 4.20. The summed E-state index contributed by atoms with van der Waals surface area (Å²) in [6.07, 6.45) is 2.75. The summed E-state index contributed by atoms with van der Waals surface area (Å²) in [5, 5.41) is 23.7. The Morgan fingerprint density at radius 1 is 1.46 bits per heavy atom. The molecule has 0 saturated heterocycles. The van der Waals surface area contributed by atoms with Gasteiger partial charge in [-0.25, -0.2) is 0 Å². The van der Waals surface area contributed by atoms with Crippen LogP contribution in [0.5, 0.6) is 0 Å². The molecule has 0 spiro atoms. The lowest BCUT2D eigenvalue weighted by Crippen LogP contribution is -2.14. The summed E-state index contributed by atoms with van der Waals surface area (Å²) in [6.45, 7) is 2.17. The van der Waals surface area contributed by atoms with E-state index in [0.717, 1.165) is 29.7 Å². The second-order valence-electron chi connectivity index (χ2n) is 5.90. The Morgan fingerprint density at radius 2 is 2.21 bits per heavy atom. The van der Waals surface area contributed by atoms with Gasteiger partial charge in [-0.05, 0) is 36.8 Å². The van der Waals surface area contributed by atoms with Gasteiger partial charge in [0.25, 0.3) is 11.6 Å². The van der Waals surface area contributed by atoms with Crippen LogP contribution in [-0.2, 0) is 12.8 Å². The molecule has 1 unspecified atom stereocenters. The van der Waals surface area contributed by atoms with E-state index in [0.29, 0.717) is 16.5 Å². The number of nitrogens with zero attached hydrogens (tertiary/aromatic N) is 2. The quantitative estimate of drug-likeness (QED) is 0.676. The lowest BCUT2D eigenvalue weighted by Gasteiger charge is -2.17. The predicted molar refractivity (Wildman–Crippen MR) is 91.3 cm³/mol. The number of benzene rings is 1. The molecule has 6 nitrogen and oxygen atoms in total. The number of amides is 1. The van der Waals surface area contributed by atoms with Crippen LogP contribution in [0.1, 0.15) is 39.7 Å². The number of nitro benzene ring substituents is 1. The Bertz CT molecular complexity index is 866. The number of para-hydroxylation sites is 1. The molecule has 0 saturated carbocycles. The van der Waals surface area contributed by atoms with Crippen molar-refractivity contribution in [1.29, 1.82) is 5.26 Å². The number of fused-ring (bicyclic) bond motifs is 1. The van der Waals surface area contributed by atoms with Crippen molar-refractivity contribution in [2.24, 2.45) is 5.92 Å². The van der Waals surface area contributed by atoms with E-state index in [1.165, 1.54) is 29.5 Å². The molecular weight excluding hydrogens is 326 g/mol. The number of carbonyl (C=O) groups excluding carboxylic acids is 1. The van der Waals surface area contributed by atoms with E-state index in [2.05, 4.69) is 18.3 Å². The topological polar surface area (TPSA) is 96.0 Å². The van der Waals surface area contributed by atoms with Gasteiger partial charge in [-0.15, -0.1) is 11.3 Å². The normalized spacial score (nSPS) is 16.1. The molecule has 0 aliphatic heterocycles. The Balaban J connectivity index is 1.94. The van der Waals surface area contributed by atoms with Crippen LogP contribution >= 0.6 is 11.3 Å². The molecule has 1 aliphatic rings. The summed E-state index contributed by atoms with van der Waals surface area (Å²) < 4.78 is 0. The number of rotatable bonds is 3. The summed E-state index contributed by atoms with van der Waals surface area (Å²) >= 11 is 1.40. The van der Waals surface area contributed by atoms with E-state index in [1.54, 1.807) is 6.07 Å². The Hall–Kier alpha value is -2.72. The van der Waals surface area contributed by atoms with Crippen molar-refractivity contribution < 1.29 is 9.72 Å². The zero-order chi connectivity index (χ0) is 17.3. The summed E-state index contributed by atoms with van der Waals surface area (Å²) in [5.74, 6) is -0.00750. The van der Waals surface area contributed by atoms with Crippen LogP contribution in [0.25, 0.3) is 0 Å². The van der Waals surface area contributed by atoms with Crippen molar-refractivity contribution in [3.05, 3.63) is 55.9 Å². The highest BCUT2D eigenvalue weighted by Gasteiger charge is 2.26. The maximum atomic E-state index is 12.5. The summed E-state index contributed by atoms with van der Waals surface area (Å²) in [6, 6.07) is 7.97. The van der Waals surface area contributed by atoms with E-state index in [9.17, 15) is 20.2 Å². The van der Waals surface area contributed by atoms with Crippen LogP contribution in [0.2, 0.25) is 0 Å². The third kappa shape index (κ3) is 2.88. The first kappa shape index (κ1) is 16.1. The Labute approximate surface area is 142 Å². The number of carbonyl (C=O) groups is 1. The summed E-state index contributed by atoms with van der Waals surface area (Å²) in [5.41, 5.74) is 1.25. The van der Waals surface area contributed by atoms with Crippen molar-refractivity contribution in [3.8, 4) is 6.07 Å². The average molecular weight is 341 g/mol. The first-order valence-corrected chi connectivity index (χ1v) is 8.42. The maximum Gasteiger partial charge on any atom is 0.282 e. The predicted octanol–water partition coefficient (Wildman–Crippen LogP) is 3.91. The van der Waals surface area contributed by atoms with Crippen LogP contribution in [0, 0.1) is 27.4 Å². The molecule has 1 atom stereocenters. The van der Waals surface area contributed by atoms with E-state index in [4.69, 9.17) is 0 Å². The van der Waals surface area contributed by atoms with Gasteiger partial charge < -0.3 is 5.32 Å². The number of nitriles is 1. The number of thiophene rings is 1. The fourth-order valence-electron chi connectivity index (χ4n) is 2.95. The van der Waals surface area contributed by atoms with Crippen LogP contribution in [-0.4, -0.2) is 10.8 Å². The van der Waals surface area contributed by atoms with Crippen LogP contribution in [0.4, 0.5) is 10.7 Å². The van der Waals surface area contributed by atoms with Crippen molar-refractivity contribution in [2.75, 3.05) is 5.32 Å². The molecule has 1 amide bonds. The lowest BCUT2D eigenvalue weighted by molar-refractivity contribution is -0.385. The van der Waals surface area contributed by atoms with Gasteiger partial charge in [0.2, 0.25) is 0 Å². The van der Waals surface area contributed by atoms with Crippen LogP contribution in [0.15, 0.2) is 24.3 Å².